The van der Waals surface area contributed by atoms with Crippen LogP contribution in [0.15, 0.2) is 30.5 Å². The van der Waals surface area contributed by atoms with E-state index in [0.717, 1.165) is 22.9 Å². The van der Waals surface area contributed by atoms with E-state index in [9.17, 15) is 0 Å². The lowest BCUT2D eigenvalue weighted by Crippen LogP contribution is -1.94. The van der Waals surface area contributed by atoms with Crippen LogP contribution in [-0.4, -0.2) is 17.1 Å². The molecule has 2 aromatic rings. The minimum Gasteiger partial charge on any atom is -0.380 e. The van der Waals surface area contributed by atoms with Crippen molar-refractivity contribution in [3.05, 3.63) is 41.7 Å². The van der Waals surface area contributed by atoms with Crippen molar-refractivity contribution in [1.82, 2.24) is 9.97 Å². The number of aromatic amines is 1. The summed E-state index contributed by atoms with van der Waals surface area (Å²) in [5, 5.41) is 3.20. The molecule has 0 aliphatic carbocycles. The van der Waals surface area contributed by atoms with Gasteiger partial charge in [-0.1, -0.05) is 12.1 Å². The first-order valence-electron chi connectivity index (χ1n) is 5.14. The van der Waals surface area contributed by atoms with E-state index in [1.807, 2.05) is 31.2 Å². The van der Waals surface area contributed by atoms with Crippen molar-refractivity contribution in [3.63, 3.8) is 0 Å². The highest BCUT2D eigenvalue weighted by atomic mass is 16.5. The van der Waals surface area contributed by atoms with Crippen LogP contribution in [0, 0.1) is 6.92 Å². The molecule has 1 aromatic heterocycles. The number of methoxy groups -OCH3 is 1. The first kappa shape index (κ1) is 10.7. The molecule has 1 heterocycles. The monoisotopic (exact) mass is 217 g/mol. The lowest BCUT2D eigenvalue weighted by atomic mass is 10.2. The zero-order chi connectivity index (χ0) is 11.4. The summed E-state index contributed by atoms with van der Waals surface area (Å²) in [6.45, 7) is 2.59. The lowest BCUT2D eigenvalue weighted by Gasteiger charge is -2.05. The Hall–Kier alpha value is -1.81. The van der Waals surface area contributed by atoms with Crippen LogP contribution in [0.25, 0.3) is 0 Å². The van der Waals surface area contributed by atoms with Crippen LogP contribution in [0.4, 0.5) is 11.6 Å². The molecule has 0 aliphatic rings. The summed E-state index contributed by atoms with van der Waals surface area (Å²) in [7, 11) is 1.69. The summed E-state index contributed by atoms with van der Waals surface area (Å²) in [6, 6.07) is 8.06. The average molecular weight is 217 g/mol. The highest BCUT2D eigenvalue weighted by molar-refractivity contribution is 5.54. The van der Waals surface area contributed by atoms with Crippen molar-refractivity contribution in [3.8, 4) is 0 Å². The van der Waals surface area contributed by atoms with Gasteiger partial charge in [0.15, 0.2) is 0 Å². The molecule has 0 atom stereocenters. The van der Waals surface area contributed by atoms with Crippen molar-refractivity contribution in [2.24, 2.45) is 0 Å². The summed E-state index contributed by atoms with van der Waals surface area (Å²) in [6.07, 6.45) is 1.79. The Balaban J connectivity index is 2.12. The number of nitrogens with one attached hydrogen (secondary N) is 2. The number of hydrogen-bond acceptors (Lipinski definition) is 3. The third kappa shape index (κ3) is 2.61. The lowest BCUT2D eigenvalue weighted by molar-refractivity contribution is 0.185. The van der Waals surface area contributed by atoms with Crippen LogP contribution in [0.3, 0.4) is 0 Å². The molecule has 4 heteroatoms. The van der Waals surface area contributed by atoms with Gasteiger partial charge in [0.05, 0.1) is 6.61 Å². The Kier molecular flexibility index (Phi) is 3.22. The average Bonchev–Trinajstić information content (AvgIpc) is 2.65. The van der Waals surface area contributed by atoms with Gasteiger partial charge in [0, 0.05) is 24.7 Å². The third-order valence-electron chi connectivity index (χ3n) is 2.20. The Bertz CT molecular complexity index is 465. The second-order valence-electron chi connectivity index (χ2n) is 3.67. The molecule has 16 heavy (non-hydrogen) atoms. The van der Waals surface area contributed by atoms with Gasteiger partial charge in [-0.15, -0.1) is 0 Å². The molecule has 0 aliphatic heterocycles. The first-order chi connectivity index (χ1) is 7.78. The number of anilines is 2. The normalized spacial score (nSPS) is 10.4. The molecule has 0 fully saturated rings. The van der Waals surface area contributed by atoms with E-state index >= 15 is 0 Å². The van der Waals surface area contributed by atoms with E-state index in [4.69, 9.17) is 4.74 Å². The predicted molar refractivity (Wildman–Crippen MR) is 63.8 cm³/mol. The van der Waals surface area contributed by atoms with Gasteiger partial charge >= 0.3 is 0 Å². The standard InChI is InChI=1S/C12H15N3O/c1-9-7-13-12(14-9)15-11-5-3-4-10(6-11)8-16-2/h3-7H,8H2,1-2H3,(H2,13,14,15). The number of H-pyrrole nitrogens is 1. The van der Waals surface area contributed by atoms with Gasteiger partial charge in [-0.3, -0.25) is 0 Å². The highest BCUT2D eigenvalue weighted by Gasteiger charge is 1.99. The number of nitrogens with zero attached hydrogens (tertiary/aromatic N) is 1. The van der Waals surface area contributed by atoms with Gasteiger partial charge in [-0.05, 0) is 24.6 Å². The molecule has 0 radical (unpaired) electrons. The summed E-state index contributed by atoms with van der Waals surface area (Å²) >= 11 is 0. The molecule has 0 saturated heterocycles. The molecule has 84 valence electrons. The van der Waals surface area contributed by atoms with Crippen molar-refractivity contribution < 1.29 is 4.74 Å². The summed E-state index contributed by atoms with van der Waals surface area (Å²) in [5.74, 6) is 0.757. The quantitative estimate of drug-likeness (QED) is 0.827. The van der Waals surface area contributed by atoms with Gasteiger partial charge in [-0.2, -0.15) is 0 Å². The van der Waals surface area contributed by atoms with E-state index in [1.54, 1.807) is 13.3 Å². The van der Waals surface area contributed by atoms with Crippen LogP contribution in [-0.2, 0) is 11.3 Å². The van der Waals surface area contributed by atoms with Gasteiger partial charge in [-0.25, -0.2) is 4.98 Å². The Morgan fingerprint density at radius 1 is 1.44 bits per heavy atom. The van der Waals surface area contributed by atoms with E-state index < -0.39 is 0 Å². The van der Waals surface area contributed by atoms with Crippen LogP contribution in [0.1, 0.15) is 11.3 Å². The van der Waals surface area contributed by atoms with Gasteiger partial charge < -0.3 is 15.0 Å². The third-order valence-corrected chi connectivity index (χ3v) is 2.20. The van der Waals surface area contributed by atoms with Crippen LogP contribution >= 0.6 is 0 Å². The topological polar surface area (TPSA) is 49.9 Å². The molecular weight excluding hydrogens is 202 g/mol. The second kappa shape index (κ2) is 4.81. The van der Waals surface area contributed by atoms with Crippen molar-refractivity contribution in [1.29, 1.82) is 0 Å². The van der Waals surface area contributed by atoms with Crippen LogP contribution in [0.2, 0.25) is 0 Å². The number of ether oxygens (including phenoxy) is 1. The summed E-state index contributed by atoms with van der Waals surface area (Å²) in [4.78, 5) is 7.31. The minimum absolute atomic E-state index is 0.618. The molecule has 2 N–H and O–H groups in total. The molecule has 0 saturated carbocycles. The first-order valence-corrected chi connectivity index (χ1v) is 5.14. The molecule has 0 spiro atoms. The van der Waals surface area contributed by atoms with E-state index in [-0.39, 0.29) is 0 Å². The molecular formula is C12H15N3O. The minimum atomic E-state index is 0.618. The molecule has 2 rings (SSSR count). The Morgan fingerprint density at radius 3 is 3.00 bits per heavy atom. The largest absolute Gasteiger partial charge is 0.380 e. The number of aryl methyl sites for hydroxylation is 1. The molecule has 0 amide bonds. The fourth-order valence-electron chi connectivity index (χ4n) is 1.52. The van der Waals surface area contributed by atoms with Crippen LogP contribution < -0.4 is 5.32 Å². The maximum absolute atomic E-state index is 5.09. The zero-order valence-electron chi connectivity index (χ0n) is 9.45. The van der Waals surface area contributed by atoms with Crippen molar-refractivity contribution in [2.75, 3.05) is 12.4 Å². The maximum atomic E-state index is 5.09. The van der Waals surface area contributed by atoms with E-state index in [0.29, 0.717) is 6.61 Å². The Morgan fingerprint density at radius 2 is 2.31 bits per heavy atom. The zero-order valence-corrected chi connectivity index (χ0v) is 9.45. The SMILES string of the molecule is COCc1cccc(Nc2ncc(C)[nH]2)c1. The molecule has 0 bridgehead atoms. The fourth-order valence-corrected chi connectivity index (χ4v) is 1.52. The van der Waals surface area contributed by atoms with E-state index in [2.05, 4.69) is 15.3 Å². The van der Waals surface area contributed by atoms with Crippen LogP contribution in [0.5, 0.6) is 0 Å². The number of benzene rings is 1. The smallest absolute Gasteiger partial charge is 0.204 e. The Labute approximate surface area is 94.7 Å². The predicted octanol–water partition coefficient (Wildman–Crippen LogP) is 2.61. The fraction of sp³-hybridized carbons (Fsp3) is 0.250. The number of hydrogen-bond donors (Lipinski definition) is 2. The van der Waals surface area contributed by atoms with Crippen molar-refractivity contribution in [2.45, 2.75) is 13.5 Å². The van der Waals surface area contributed by atoms with E-state index in [1.165, 1.54) is 0 Å². The molecule has 1 aromatic carbocycles. The summed E-state index contributed by atoms with van der Waals surface area (Å²) < 4.78 is 5.09. The van der Waals surface area contributed by atoms with Gasteiger partial charge in [0.2, 0.25) is 5.95 Å². The van der Waals surface area contributed by atoms with Gasteiger partial charge in [0.25, 0.3) is 0 Å². The van der Waals surface area contributed by atoms with Gasteiger partial charge in [0.1, 0.15) is 0 Å². The maximum Gasteiger partial charge on any atom is 0.204 e. The number of rotatable bonds is 4. The number of aromatic nitrogens is 2. The molecule has 4 nitrogen and oxygen atoms in total. The molecule has 0 unspecified atom stereocenters. The summed E-state index contributed by atoms with van der Waals surface area (Å²) in [5.41, 5.74) is 3.18. The highest BCUT2D eigenvalue weighted by Crippen LogP contribution is 2.15. The van der Waals surface area contributed by atoms with Crippen molar-refractivity contribution >= 4 is 11.6 Å². The second-order valence-corrected chi connectivity index (χ2v) is 3.67. The number of imidazole rings is 1.